The second-order valence-corrected chi connectivity index (χ2v) is 8.30. The van der Waals surface area contributed by atoms with E-state index in [1.165, 1.54) is 0 Å². The Morgan fingerprint density at radius 3 is 2.52 bits per heavy atom. The monoisotopic (exact) mass is 395 g/mol. The number of carbonyl (C=O) groups excluding carboxylic acids is 1. The minimum absolute atomic E-state index is 0.0453. The highest BCUT2D eigenvalue weighted by Crippen LogP contribution is 2.46. The Morgan fingerprint density at radius 1 is 1.14 bits per heavy atom. The summed E-state index contributed by atoms with van der Waals surface area (Å²) in [6.45, 7) is 6.52. The van der Waals surface area contributed by atoms with Crippen LogP contribution >= 0.6 is 0 Å². The van der Waals surface area contributed by atoms with Crippen molar-refractivity contribution in [1.82, 2.24) is 19.8 Å². The topological polar surface area (TPSA) is 61.8 Å². The summed E-state index contributed by atoms with van der Waals surface area (Å²) < 4.78 is 5.32. The van der Waals surface area contributed by atoms with Gasteiger partial charge < -0.3 is 19.4 Å². The fourth-order valence-corrected chi connectivity index (χ4v) is 4.72. The van der Waals surface area contributed by atoms with Gasteiger partial charge in [0.25, 0.3) is 0 Å². The molecule has 2 aromatic rings. The molecule has 3 atom stereocenters. The van der Waals surface area contributed by atoms with Crippen LogP contribution in [-0.4, -0.2) is 66.6 Å². The quantitative estimate of drug-likeness (QED) is 0.800. The number of urea groups is 1. The summed E-state index contributed by atoms with van der Waals surface area (Å²) in [5.74, 6) is 2.56. The van der Waals surface area contributed by atoms with Gasteiger partial charge in [0.1, 0.15) is 11.6 Å². The van der Waals surface area contributed by atoms with Crippen LogP contribution in [0.4, 0.5) is 10.6 Å². The van der Waals surface area contributed by atoms with Crippen molar-refractivity contribution in [2.45, 2.75) is 19.9 Å². The van der Waals surface area contributed by atoms with Crippen molar-refractivity contribution in [2.24, 2.45) is 11.8 Å². The van der Waals surface area contributed by atoms with E-state index in [-0.39, 0.29) is 12.1 Å². The number of amides is 2. The van der Waals surface area contributed by atoms with Crippen molar-refractivity contribution in [3.05, 3.63) is 47.4 Å². The maximum absolute atomic E-state index is 12.9. The molecule has 0 spiro atoms. The Balaban J connectivity index is 1.65. The van der Waals surface area contributed by atoms with E-state index in [1.54, 1.807) is 12.0 Å². The number of likely N-dealkylation sites (tertiary alicyclic amines) is 1. The molecule has 2 saturated heterocycles. The third-order valence-corrected chi connectivity index (χ3v) is 6.10. The van der Waals surface area contributed by atoms with E-state index in [1.807, 2.05) is 51.2 Å². The first-order chi connectivity index (χ1) is 13.9. The Bertz CT molecular complexity index is 899. The lowest BCUT2D eigenvalue weighted by Gasteiger charge is -2.32. The average Bonchev–Trinajstić information content (AvgIpc) is 3.27. The molecule has 154 valence electrons. The van der Waals surface area contributed by atoms with Crippen molar-refractivity contribution in [3.63, 3.8) is 0 Å². The molecule has 7 nitrogen and oxygen atoms in total. The molecule has 0 N–H and O–H groups in total. The van der Waals surface area contributed by atoms with Gasteiger partial charge in [0.15, 0.2) is 0 Å². The molecule has 1 aromatic carbocycles. The number of rotatable bonds is 3. The third-order valence-electron chi connectivity index (χ3n) is 6.10. The molecule has 0 saturated carbocycles. The number of anilines is 1. The molecule has 2 fully saturated rings. The van der Waals surface area contributed by atoms with E-state index in [2.05, 4.69) is 22.0 Å². The Kier molecular flexibility index (Phi) is 5.06. The molecule has 0 bridgehead atoms. The first-order valence-electron chi connectivity index (χ1n) is 10.1. The summed E-state index contributed by atoms with van der Waals surface area (Å²) in [6, 6.07) is 8.24. The zero-order valence-electron chi connectivity index (χ0n) is 17.8. The molecule has 3 heterocycles. The van der Waals surface area contributed by atoms with Gasteiger partial charge in [-0.15, -0.1) is 0 Å². The molecule has 4 rings (SSSR count). The van der Waals surface area contributed by atoms with Gasteiger partial charge in [0.2, 0.25) is 0 Å². The maximum atomic E-state index is 12.9. The molecule has 7 heteroatoms. The lowest BCUT2D eigenvalue weighted by molar-refractivity contribution is 0.159. The predicted molar refractivity (Wildman–Crippen MR) is 112 cm³/mol. The van der Waals surface area contributed by atoms with Crippen molar-refractivity contribution >= 4 is 11.8 Å². The number of fused-ring (bicyclic) bond motifs is 1. The minimum atomic E-state index is 0.0453. The van der Waals surface area contributed by atoms with Gasteiger partial charge in [-0.05, 0) is 31.5 Å². The van der Waals surface area contributed by atoms with Crippen LogP contribution in [0.2, 0.25) is 0 Å². The largest absolute Gasteiger partial charge is 0.497 e. The van der Waals surface area contributed by atoms with Gasteiger partial charge in [-0.2, -0.15) is 0 Å². The van der Waals surface area contributed by atoms with E-state index in [0.29, 0.717) is 11.8 Å². The van der Waals surface area contributed by atoms with Crippen molar-refractivity contribution < 1.29 is 9.53 Å². The molecular weight excluding hydrogens is 366 g/mol. The summed E-state index contributed by atoms with van der Waals surface area (Å²) in [4.78, 5) is 28.2. The summed E-state index contributed by atoms with van der Waals surface area (Å²) in [7, 11) is 5.31. The zero-order chi connectivity index (χ0) is 20.7. The van der Waals surface area contributed by atoms with Gasteiger partial charge >= 0.3 is 6.03 Å². The highest BCUT2D eigenvalue weighted by Gasteiger charge is 2.50. The molecule has 0 aliphatic carbocycles. The summed E-state index contributed by atoms with van der Waals surface area (Å²) >= 11 is 0. The standard InChI is InChI=1S/C22H29N5O2/c1-14-10-23-15(2)21(24-14)26-11-17-12-27(22(28)25(3)4)20(19(17)13-26)16-6-8-18(29-5)9-7-16/h6-10,17,19-20H,11-13H2,1-5H3/t17-,19-,20+/m1/s1. The number of aromatic nitrogens is 2. The van der Waals surface area contributed by atoms with Crippen LogP contribution in [0.5, 0.6) is 5.75 Å². The van der Waals surface area contributed by atoms with E-state index in [9.17, 15) is 4.79 Å². The first-order valence-corrected chi connectivity index (χ1v) is 10.1. The summed E-state index contributed by atoms with van der Waals surface area (Å²) in [6.07, 6.45) is 1.81. The molecule has 0 unspecified atom stereocenters. The lowest BCUT2D eigenvalue weighted by atomic mass is 9.89. The Morgan fingerprint density at radius 2 is 1.86 bits per heavy atom. The van der Waals surface area contributed by atoms with Crippen LogP contribution in [0.1, 0.15) is 23.0 Å². The van der Waals surface area contributed by atoms with Crippen LogP contribution in [0.15, 0.2) is 30.5 Å². The number of methoxy groups -OCH3 is 1. The fraction of sp³-hybridized carbons (Fsp3) is 0.500. The number of hydrogen-bond acceptors (Lipinski definition) is 5. The van der Waals surface area contributed by atoms with Gasteiger partial charge in [-0.1, -0.05) is 12.1 Å². The predicted octanol–water partition coefficient (Wildman–Crippen LogP) is 2.89. The lowest BCUT2D eigenvalue weighted by Crippen LogP contribution is -2.41. The summed E-state index contributed by atoms with van der Waals surface area (Å²) in [5.41, 5.74) is 3.04. The van der Waals surface area contributed by atoms with Crippen LogP contribution in [0.3, 0.4) is 0 Å². The second-order valence-electron chi connectivity index (χ2n) is 8.30. The van der Waals surface area contributed by atoms with E-state index >= 15 is 0 Å². The molecule has 0 radical (unpaired) electrons. The number of aryl methyl sites for hydroxylation is 2. The second kappa shape index (κ2) is 7.54. The highest BCUT2D eigenvalue weighted by atomic mass is 16.5. The van der Waals surface area contributed by atoms with Crippen molar-refractivity contribution in [3.8, 4) is 5.75 Å². The Hall–Kier alpha value is -2.83. The maximum Gasteiger partial charge on any atom is 0.320 e. The molecule has 1 aromatic heterocycles. The molecule has 2 aliphatic rings. The molecule has 2 aliphatic heterocycles. The highest BCUT2D eigenvalue weighted by molar-refractivity contribution is 5.75. The van der Waals surface area contributed by atoms with Crippen LogP contribution in [0.25, 0.3) is 0 Å². The number of benzene rings is 1. The van der Waals surface area contributed by atoms with Gasteiger partial charge in [-0.3, -0.25) is 4.98 Å². The van der Waals surface area contributed by atoms with E-state index < -0.39 is 0 Å². The molecule has 2 amide bonds. The number of nitrogens with zero attached hydrogens (tertiary/aromatic N) is 5. The third kappa shape index (κ3) is 3.50. The van der Waals surface area contributed by atoms with Gasteiger partial charge in [0.05, 0.1) is 24.5 Å². The van der Waals surface area contributed by atoms with Crippen molar-refractivity contribution in [2.75, 3.05) is 45.7 Å². The van der Waals surface area contributed by atoms with Crippen LogP contribution in [-0.2, 0) is 0 Å². The first kappa shape index (κ1) is 19.5. The Labute approximate surface area is 172 Å². The summed E-state index contributed by atoms with van der Waals surface area (Å²) in [5, 5.41) is 0. The van der Waals surface area contributed by atoms with Gasteiger partial charge in [0, 0.05) is 51.8 Å². The van der Waals surface area contributed by atoms with E-state index in [0.717, 1.165) is 48.2 Å². The zero-order valence-corrected chi connectivity index (χ0v) is 17.8. The van der Waals surface area contributed by atoms with Crippen LogP contribution < -0.4 is 9.64 Å². The fourth-order valence-electron chi connectivity index (χ4n) is 4.72. The van der Waals surface area contributed by atoms with Crippen molar-refractivity contribution in [1.29, 1.82) is 0 Å². The smallest absolute Gasteiger partial charge is 0.320 e. The normalized spacial score (nSPS) is 23.3. The van der Waals surface area contributed by atoms with E-state index in [4.69, 9.17) is 9.72 Å². The molecular formula is C22H29N5O2. The minimum Gasteiger partial charge on any atom is -0.497 e. The number of carbonyl (C=O) groups is 1. The average molecular weight is 396 g/mol. The number of ether oxygens (including phenoxy) is 1. The number of hydrogen-bond donors (Lipinski definition) is 0. The molecule has 29 heavy (non-hydrogen) atoms. The SMILES string of the molecule is COc1ccc([C@H]2[C@@H]3CN(c4nc(C)cnc4C)C[C@@H]3CN2C(=O)N(C)C)cc1. The van der Waals surface area contributed by atoms with Crippen LogP contribution in [0, 0.1) is 25.7 Å². The van der Waals surface area contributed by atoms with Gasteiger partial charge in [-0.25, -0.2) is 9.78 Å².